The van der Waals surface area contributed by atoms with Crippen molar-refractivity contribution in [2.45, 2.75) is 39.0 Å². The summed E-state index contributed by atoms with van der Waals surface area (Å²) < 4.78 is 0. The molecule has 0 bridgehead atoms. The third-order valence-corrected chi connectivity index (χ3v) is 2.71. The Kier molecular flexibility index (Phi) is 3.38. The quantitative estimate of drug-likeness (QED) is 0.582. The number of nitrogens with zero attached hydrogens (tertiary/aromatic N) is 1. The van der Waals surface area contributed by atoms with Crippen molar-refractivity contribution in [3.63, 3.8) is 0 Å². The number of carboxylic acids is 1. The van der Waals surface area contributed by atoms with E-state index in [1.807, 2.05) is 20.8 Å². The molecule has 0 aromatic carbocycles. The maximum atomic E-state index is 11.1. The van der Waals surface area contributed by atoms with Gasteiger partial charge < -0.3 is 15.3 Å². The van der Waals surface area contributed by atoms with E-state index in [2.05, 4.69) is 0 Å². The van der Waals surface area contributed by atoms with Gasteiger partial charge in [-0.15, -0.1) is 0 Å². The topological polar surface area (TPSA) is 81.0 Å². The summed E-state index contributed by atoms with van der Waals surface area (Å²) in [4.78, 5) is 12.8. The van der Waals surface area contributed by atoms with Crippen LogP contribution in [0.25, 0.3) is 0 Å². The molecule has 5 nitrogen and oxygen atoms in total. The van der Waals surface area contributed by atoms with Gasteiger partial charge in [0.25, 0.3) is 0 Å². The molecule has 15 heavy (non-hydrogen) atoms. The zero-order valence-corrected chi connectivity index (χ0v) is 9.34. The number of hydrogen-bond acceptors (Lipinski definition) is 4. The summed E-state index contributed by atoms with van der Waals surface area (Å²) in [5.74, 6) is -0.913. The lowest BCUT2D eigenvalue weighted by Crippen LogP contribution is -2.48. The third-order valence-electron chi connectivity index (χ3n) is 2.71. The lowest BCUT2D eigenvalue weighted by molar-refractivity contribution is -0.147. The van der Waals surface area contributed by atoms with Crippen molar-refractivity contribution < 1.29 is 20.1 Å². The van der Waals surface area contributed by atoms with Crippen LogP contribution < -0.4 is 0 Å². The number of aliphatic hydroxyl groups excluding tert-OH is 2. The molecule has 0 spiro atoms. The fourth-order valence-electron chi connectivity index (χ4n) is 2.08. The second kappa shape index (κ2) is 4.08. The van der Waals surface area contributed by atoms with Crippen molar-refractivity contribution in [1.29, 1.82) is 0 Å². The summed E-state index contributed by atoms with van der Waals surface area (Å²) in [5, 5.41) is 27.9. The molecule has 1 rings (SSSR count). The Morgan fingerprint density at radius 2 is 1.67 bits per heavy atom. The Balaban J connectivity index is 2.80. The van der Waals surface area contributed by atoms with Gasteiger partial charge >= 0.3 is 5.97 Å². The van der Waals surface area contributed by atoms with Crippen LogP contribution in [0.3, 0.4) is 0 Å². The zero-order chi connectivity index (χ0) is 11.8. The second-order valence-electron chi connectivity index (χ2n) is 5.20. The lowest BCUT2D eigenvalue weighted by Gasteiger charge is -2.34. The van der Waals surface area contributed by atoms with E-state index in [4.69, 9.17) is 5.11 Å². The van der Waals surface area contributed by atoms with Crippen LogP contribution in [-0.2, 0) is 4.79 Å². The summed E-state index contributed by atoms with van der Waals surface area (Å²) in [7, 11) is 0. The molecule has 5 heteroatoms. The summed E-state index contributed by atoms with van der Waals surface area (Å²) in [6.07, 6.45) is -1.68. The average molecular weight is 217 g/mol. The Morgan fingerprint density at radius 1 is 1.27 bits per heavy atom. The molecule has 0 amide bonds. The minimum Gasteiger partial charge on any atom is -0.480 e. The Morgan fingerprint density at radius 3 is 1.93 bits per heavy atom. The molecule has 0 aliphatic carbocycles. The molecule has 1 heterocycles. The van der Waals surface area contributed by atoms with Crippen molar-refractivity contribution in [2.24, 2.45) is 5.41 Å². The summed E-state index contributed by atoms with van der Waals surface area (Å²) in [6.45, 7) is 5.94. The summed E-state index contributed by atoms with van der Waals surface area (Å²) in [6, 6.07) is -0.677. The van der Waals surface area contributed by atoms with Gasteiger partial charge in [0.2, 0.25) is 0 Å². The first-order valence-electron chi connectivity index (χ1n) is 5.06. The third kappa shape index (κ3) is 2.68. The van der Waals surface area contributed by atoms with Crippen LogP contribution in [0, 0.1) is 5.41 Å². The van der Waals surface area contributed by atoms with E-state index in [1.165, 1.54) is 0 Å². The molecule has 1 fully saturated rings. The smallest absolute Gasteiger partial charge is 0.321 e. The summed E-state index contributed by atoms with van der Waals surface area (Å²) in [5.41, 5.74) is -0.421. The van der Waals surface area contributed by atoms with Gasteiger partial charge in [0.15, 0.2) is 0 Å². The van der Waals surface area contributed by atoms with Gasteiger partial charge in [-0.2, -0.15) is 0 Å². The monoisotopic (exact) mass is 217 g/mol. The minimum absolute atomic E-state index is 0.218. The van der Waals surface area contributed by atoms with Crippen molar-refractivity contribution in [2.75, 3.05) is 13.1 Å². The molecular weight excluding hydrogens is 198 g/mol. The van der Waals surface area contributed by atoms with Gasteiger partial charge in [0.05, 0.1) is 12.2 Å². The largest absolute Gasteiger partial charge is 0.480 e. The number of carboxylic acid groups (broad SMARTS) is 1. The van der Waals surface area contributed by atoms with E-state index in [9.17, 15) is 15.0 Å². The first kappa shape index (κ1) is 12.4. The van der Waals surface area contributed by atoms with Gasteiger partial charge in [0.1, 0.15) is 6.04 Å². The number of hydrogen-bond donors (Lipinski definition) is 3. The van der Waals surface area contributed by atoms with Crippen molar-refractivity contribution in [3.05, 3.63) is 0 Å². The Hall–Kier alpha value is -0.650. The standard InChI is InChI=1S/C10H19NO4/c1-10(2,3)8(9(14)15)11-4-6(12)7(13)5-11/h6-8,12-13H,4-5H2,1-3H3,(H,14,15). The molecule has 0 aromatic heterocycles. The molecule has 3 N–H and O–H groups in total. The van der Waals surface area contributed by atoms with Gasteiger partial charge in [-0.25, -0.2) is 0 Å². The fourth-order valence-corrected chi connectivity index (χ4v) is 2.08. The zero-order valence-electron chi connectivity index (χ0n) is 9.34. The highest BCUT2D eigenvalue weighted by atomic mass is 16.4. The van der Waals surface area contributed by atoms with Crippen LogP contribution in [0.15, 0.2) is 0 Å². The highest BCUT2D eigenvalue weighted by Crippen LogP contribution is 2.27. The van der Waals surface area contributed by atoms with E-state index < -0.39 is 29.6 Å². The molecule has 3 atom stereocenters. The van der Waals surface area contributed by atoms with E-state index >= 15 is 0 Å². The van der Waals surface area contributed by atoms with Gasteiger partial charge in [-0.05, 0) is 5.41 Å². The average Bonchev–Trinajstić information content (AvgIpc) is 2.27. The number of aliphatic hydroxyl groups is 2. The van der Waals surface area contributed by atoms with Gasteiger partial charge in [-0.3, -0.25) is 9.69 Å². The number of β-amino-alcohol motifs (C(OH)–C–C–N with tert-alkyl or cyclic N) is 2. The lowest BCUT2D eigenvalue weighted by atomic mass is 9.86. The molecular formula is C10H19NO4. The van der Waals surface area contributed by atoms with E-state index in [1.54, 1.807) is 4.90 Å². The predicted octanol–water partition coefficient (Wildman–Crippen LogP) is -0.477. The molecule has 1 saturated heterocycles. The number of carbonyl (C=O) groups is 1. The van der Waals surface area contributed by atoms with Crippen molar-refractivity contribution in [1.82, 2.24) is 4.90 Å². The van der Waals surface area contributed by atoms with Crippen LogP contribution in [-0.4, -0.2) is 57.5 Å². The molecule has 0 saturated carbocycles. The Bertz CT molecular complexity index is 238. The maximum absolute atomic E-state index is 11.1. The summed E-state index contributed by atoms with van der Waals surface area (Å²) >= 11 is 0. The molecule has 88 valence electrons. The second-order valence-corrected chi connectivity index (χ2v) is 5.20. The molecule has 1 aliphatic heterocycles. The van der Waals surface area contributed by atoms with Crippen LogP contribution in [0.4, 0.5) is 0 Å². The number of rotatable bonds is 2. The minimum atomic E-state index is -0.913. The van der Waals surface area contributed by atoms with E-state index in [-0.39, 0.29) is 13.1 Å². The van der Waals surface area contributed by atoms with Crippen LogP contribution in [0.1, 0.15) is 20.8 Å². The molecule has 1 aliphatic rings. The van der Waals surface area contributed by atoms with Crippen LogP contribution in [0.2, 0.25) is 0 Å². The predicted molar refractivity (Wildman–Crippen MR) is 54.5 cm³/mol. The highest BCUT2D eigenvalue weighted by Gasteiger charge is 2.42. The first-order valence-corrected chi connectivity index (χ1v) is 5.06. The Labute approximate surface area is 89.3 Å². The number of likely N-dealkylation sites (tertiary alicyclic amines) is 1. The van der Waals surface area contributed by atoms with Crippen molar-refractivity contribution in [3.8, 4) is 0 Å². The fraction of sp³-hybridized carbons (Fsp3) is 0.900. The normalized spacial score (nSPS) is 30.5. The van der Waals surface area contributed by atoms with Crippen LogP contribution in [0.5, 0.6) is 0 Å². The molecule has 3 unspecified atom stereocenters. The maximum Gasteiger partial charge on any atom is 0.321 e. The first-order chi connectivity index (χ1) is 6.73. The van der Waals surface area contributed by atoms with Gasteiger partial charge in [-0.1, -0.05) is 20.8 Å². The SMILES string of the molecule is CC(C)(C)C(C(=O)O)N1CC(O)C(O)C1. The highest BCUT2D eigenvalue weighted by molar-refractivity contribution is 5.74. The number of aliphatic carboxylic acids is 1. The molecule has 0 radical (unpaired) electrons. The molecule has 0 aromatic rings. The van der Waals surface area contributed by atoms with E-state index in [0.29, 0.717) is 0 Å². The van der Waals surface area contributed by atoms with Crippen LogP contribution >= 0.6 is 0 Å². The van der Waals surface area contributed by atoms with Crippen molar-refractivity contribution >= 4 is 5.97 Å². The van der Waals surface area contributed by atoms with E-state index in [0.717, 1.165) is 0 Å². The van der Waals surface area contributed by atoms with Gasteiger partial charge in [0, 0.05) is 13.1 Å².